The zero-order valence-electron chi connectivity index (χ0n) is 18.9. The van der Waals surface area contributed by atoms with Crippen LogP contribution in [0.25, 0.3) is 0 Å². The van der Waals surface area contributed by atoms with Crippen LogP contribution in [0.2, 0.25) is 0 Å². The van der Waals surface area contributed by atoms with Crippen molar-refractivity contribution in [1.82, 2.24) is 10.2 Å². The van der Waals surface area contributed by atoms with Gasteiger partial charge in [-0.15, -0.1) is 0 Å². The van der Waals surface area contributed by atoms with Crippen LogP contribution in [-0.2, 0) is 15.1 Å². The number of nitrogens with one attached hydrogen (secondary N) is 2. The molecule has 5 N–H and O–H groups in total. The highest BCUT2D eigenvalue weighted by Gasteiger charge is 2.38. The van der Waals surface area contributed by atoms with Crippen LogP contribution in [0.15, 0.2) is 47.5 Å². The normalized spacial score (nSPS) is 18.7. The number of phenolic OH excluding ortho intramolecular Hbond substituents is 1. The third kappa shape index (κ3) is 5.29. The predicted octanol–water partition coefficient (Wildman–Crippen LogP) is 3.68. The van der Waals surface area contributed by atoms with E-state index >= 15 is 0 Å². The van der Waals surface area contributed by atoms with Gasteiger partial charge in [0.2, 0.25) is 11.9 Å². The van der Waals surface area contributed by atoms with E-state index < -0.39 is 17.2 Å². The average molecular weight is 440 g/mol. The van der Waals surface area contributed by atoms with E-state index in [-0.39, 0.29) is 24.0 Å². The second-order valence-electron chi connectivity index (χ2n) is 8.94. The number of phenols is 1. The molecular weight excluding hydrogens is 410 g/mol. The smallest absolute Gasteiger partial charge is 0.414 e. The Hall–Kier alpha value is -3.75. The van der Waals surface area contributed by atoms with Crippen LogP contribution < -0.4 is 16.4 Å². The second kappa shape index (κ2) is 8.41. The summed E-state index contributed by atoms with van der Waals surface area (Å²) in [6.07, 6.45) is -0.549. The van der Waals surface area contributed by atoms with Gasteiger partial charge in [-0.1, -0.05) is 12.1 Å². The molecule has 1 aliphatic rings. The number of aliphatic imine (C=N–C) groups is 1. The molecule has 0 aliphatic carbocycles. The van der Waals surface area contributed by atoms with Crippen LogP contribution in [0.4, 0.5) is 21.9 Å². The summed E-state index contributed by atoms with van der Waals surface area (Å²) in [7, 11) is 1.56. The fourth-order valence-electron chi connectivity index (χ4n) is 3.30. The SMILES string of the molecule is CN1C(=O)C[C@@](C)(c2cccc(Nc3ccc(O)cc3N)c2)N=C1NC(=O)OC(C)(C)C. The van der Waals surface area contributed by atoms with E-state index in [1.807, 2.05) is 31.2 Å². The van der Waals surface area contributed by atoms with Gasteiger partial charge < -0.3 is 20.9 Å². The highest BCUT2D eigenvalue weighted by atomic mass is 16.6. The largest absolute Gasteiger partial charge is 0.508 e. The number of guanidine groups is 1. The van der Waals surface area contributed by atoms with E-state index in [9.17, 15) is 14.7 Å². The van der Waals surface area contributed by atoms with Crippen molar-refractivity contribution in [1.29, 1.82) is 0 Å². The van der Waals surface area contributed by atoms with Gasteiger partial charge in [0.1, 0.15) is 11.4 Å². The first-order valence-electron chi connectivity index (χ1n) is 10.2. The van der Waals surface area contributed by atoms with Gasteiger partial charge in [0.15, 0.2) is 0 Å². The van der Waals surface area contributed by atoms with E-state index in [1.165, 1.54) is 11.0 Å². The van der Waals surface area contributed by atoms with Crippen molar-refractivity contribution in [3.05, 3.63) is 48.0 Å². The maximum Gasteiger partial charge on any atom is 0.414 e. The summed E-state index contributed by atoms with van der Waals surface area (Å²) in [5.74, 6) is 0.0207. The lowest BCUT2D eigenvalue weighted by molar-refractivity contribution is -0.128. The summed E-state index contributed by atoms with van der Waals surface area (Å²) < 4.78 is 5.29. The molecule has 0 saturated heterocycles. The fourth-order valence-corrected chi connectivity index (χ4v) is 3.30. The number of carbonyl (C=O) groups excluding carboxylic acids is 2. The van der Waals surface area contributed by atoms with Gasteiger partial charge in [0.25, 0.3) is 0 Å². The average Bonchev–Trinajstić information content (AvgIpc) is 2.67. The maximum atomic E-state index is 12.7. The highest BCUT2D eigenvalue weighted by Crippen LogP contribution is 2.35. The van der Waals surface area contributed by atoms with E-state index in [1.54, 1.807) is 40.0 Å². The highest BCUT2D eigenvalue weighted by molar-refractivity contribution is 6.05. The van der Waals surface area contributed by atoms with Gasteiger partial charge in [0, 0.05) is 18.8 Å². The number of hydrogen-bond donors (Lipinski definition) is 4. The molecule has 0 radical (unpaired) electrons. The summed E-state index contributed by atoms with van der Waals surface area (Å²) in [5, 5.41) is 15.4. The van der Waals surface area contributed by atoms with Crippen molar-refractivity contribution in [3.8, 4) is 5.75 Å². The van der Waals surface area contributed by atoms with E-state index in [4.69, 9.17) is 10.5 Å². The molecule has 32 heavy (non-hydrogen) atoms. The lowest BCUT2D eigenvalue weighted by atomic mass is 9.87. The van der Waals surface area contributed by atoms with Crippen molar-refractivity contribution in [2.45, 2.75) is 45.3 Å². The summed E-state index contributed by atoms with van der Waals surface area (Å²) in [4.78, 5) is 31.0. The first-order valence-corrected chi connectivity index (χ1v) is 10.2. The number of nitrogens with two attached hydrogens (primary N) is 1. The molecule has 2 aromatic carbocycles. The topological polar surface area (TPSA) is 129 Å². The maximum absolute atomic E-state index is 12.7. The molecule has 0 aromatic heterocycles. The molecule has 2 aromatic rings. The van der Waals surface area contributed by atoms with Crippen LogP contribution in [0.3, 0.4) is 0 Å². The number of benzene rings is 2. The second-order valence-corrected chi connectivity index (χ2v) is 8.94. The van der Waals surface area contributed by atoms with Crippen LogP contribution in [-0.4, -0.2) is 40.6 Å². The van der Waals surface area contributed by atoms with Gasteiger partial charge in [0.05, 0.1) is 23.3 Å². The third-order valence-electron chi connectivity index (χ3n) is 4.95. The van der Waals surface area contributed by atoms with Gasteiger partial charge in [-0.2, -0.15) is 0 Å². The van der Waals surface area contributed by atoms with Crippen LogP contribution in [0.1, 0.15) is 39.7 Å². The fraction of sp³-hybridized carbons (Fsp3) is 0.348. The number of ether oxygens (including phenoxy) is 1. The van der Waals surface area contributed by atoms with Crippen molar-refractivity contribution in [3.63, 3.8) is 0 Å². The number of nitrogens with zero attached hydrogens (tertiary/aromatic N) is 2. The number of anilines is 3. The standard InChI is InChI=1S/C23H29N5O4/c1-22(2,3)32-21(31)26-20-27-23(4,13-19(30)28(20)5)14-7-6-8-15(11-14)25-18-10-9-16(29)12-17(18)24/h6-12,25,29H,13,24H2,1-5H3,(H,26,27,31)/t23-/m0/s1. The first-order chi connectivity index (χ1) is 14.9. The molecule has 9 heteroatoms. The summed E-state index contributed by atoms with van der Waals surface area (Å²) in [5.41, 5.74) is 6.96. The summed E-state index contributed by atoms with van der Waals surface area (Å²) >= 11 is 0. The molecule has 0 fully saturated rings. The zero-order valence-corrected chi connectivity index (χ0v) is 18.9. The van der Waals surface area contributed by atoms with Crippen LogP contribution >= 0.6 is 0 Å². The monoisotopic (exact) mass is 439 g/mol. The first kappa shape index (κ1) is 22.9. The van der Waals surface area contributed by atoms with Crippen LogP contribution in [0.5, 0.6) is 5.75 Å². The Morgan fingerprint density at radius 1 is 1.25 bits per heavy atom. The number of aromatic hydroxyl groups is 1. The number of nitrogen functional groups attached to an aromatic ring is 1. The minimum Gasteiger partial charge on any atom is -0.508 e. The Balaban J connectivity index is 1.89. The lowest BCUT2D eigenvalue weighted by Gasteiger charge is -2.35. The molecule has 9 nitrogen and oxygen atoms in total. The van der Waals surface area contributed by atoms with E-state index in [0.717, 1.165) is 11.3 Å². The number of alkyl carbamates (subject to hydrolysis) is 1. The molecule has 0 saturated carbocycles. The predicted molar refractivity (Wildman–Crippen MR) is 124 cm³/mol. The quantitative estimate of drug-likeness (QED) is 0.426. The number of hydrogen-bond acceptors (Lipinski definition) is 7. The van der Waals surface area contributed by atoms with Gasteiger partial charge in [-0.3, -0.25) is 15.0 Å². The van der Waals surface area contributed by atoms with Gasteiger partial charge in [-0.05, 0) is 57.5 Å². The van der Waals surface area contributed by atoms with Crippen molar-refractivity contribution in [2.75, 3.05) is 18.1 Å². The Morgan fingerprint density at radius 2 is 1.97 bits per heavy atom. The van der Waals surface area contributed by atoms with Crippen molar-refractivity contribution in [2.24, 2.45) is 4.99 Å². The molecule has 1 aliphatic heterocycles. The Morgan fingerprint density at radius 3 is 2.62 bits per heavy atom. The lowest BCUT2D eigenvalue weighted by Crippen LogP contribution is -2.52. The molecule has 1 heterocycles. The van der Waals surface area contributed by atoms with Gasteiger partial charge in [-0.25, -0.2) is 9.79 Å². The third-order valence-corrected chi connectivity index (χ3v) is 4.95. The molecule has 0 spiro atoms. The minimum absolute atomic E-state index is 0.0819. The minimum atomic E-state index is -0.897. The zero-order chi connectivity index (χ0) is 23.7. The van der Waals surface area contributed by atoms with Crippen LogP contribution in [0, 0.1) is 0 Å². The molecule has 170 valence electrons. The summed E-state index contributed by atoms with van der Waals surface area (Å²) in [6.45, 7) is 7.11. The number of rotatable bonds is 3. The molecule has 0 unspecified atom stereocenters. The van der Waals surface area contributed by atoms with E-state index in [2.05, 4.69) is 15.6 Å². The summed E-state index contributed by atoms with van der Waals surface area (Å²) in [6, 6.07) is 12.1. The number of carbonyl (C=O) groups is 2. The van der Waals surface area contributed by atoms with Crippen molar-refractivity contribution >= 4 is 35.0 Å². The molecule has 2 amide bonds. The van der Waals surface area contributed by atoms with Gasteiger partial charge >= 0.3 is 6.09 Å². The van der Waals surface area contributed by atoms with E-state index in [0.29, 0.717) is 11.4 Å². The molecule has 0 bridgehead atoms. The number of amides is 2. The molecular formula is C23H29N5O4. The Labute approximate surface area is 187 Å². The molecule has 3 rings (SSSR count). The Kier molecular flexibility index (Phi) is 6.03. The van der Waals surface area contributed by atoms with Crippen molar-refractivity contribution < 1.29 is 19.4 Å². The molecule has 1 atom stereocenters. The Bertz CT molecular complexity index is 1080.